The molecule has 0 aliphatic carbocycles. The Labute approximate surface area is 96.7 Å². The number of benzene rings is 1. The molecule has 0 fully saturated rings. The molecule has 0 heterocycles. The smallest absolute Gasteiger partial charge is 0.137 e. The first-order chi connectivity index (χ1) is 7.86. The normalized spacial score (nSPS) is 10.1. The highest BCUT2D eigenvalue weighted by Gasteiger charge is 1.97. The molecule has 0 atom stereocenters. The molecule has 0 unspecified atom stereocenters. The molecule has 0 spiro atoms. The second-order valence-corrected chi connectivity index (χ2v) is 3.48. The van der Waals surface area contributed by atoms with Gasteiger partial charge in [-0.3, -0.25) is 0 Å². The number of ether oxygens (including phenoxy) is 2. The lowest BCUT2D eigenvalue weighted by molar-refractivity contribution is -0.670. The minimum atomic E-state index is 0.681. The van der Waals surface area contributed by atoms with Gasteiger partial charge < -0.3 is 20.5 Å². The topological polar surface area (TPSA) is 62.7 Å². The molecule has 0 aliphatic heterocycles. The van der Waals surface area contributed by atoms with E-state index in [-0.39, 0.29) is 0 Å². The monoisotopic (exact) mass is 226 g/mol. The molecule has 0 saturated carbocycles. The second-order valence-electron chi connectivity index (χ2n) is 3.48. The maximum Gasteiger partial charge on any atom is 0.137 e. The van der Waals surface area contributed by atoms with Crippen LogP contribution in [0, 0.1) is 0 Å². The highest BCUT2D eigenvalue weighted by molar-refractivity contribution is 5.32. The first kappa shape index (κ1) is 12.8. The van der Waals surface area contributed by atoms with Crippen molar-refractivity contribution in [2.75, 3.05) is 32.8 Å². The van der Waals surface area contributed by atoms with Crippen molar-refractivity contribution in [2.45, 2.75) is 6.92 Å². The Bertz CT molecular complexity index is 292. The summed E-state index contributed by atoms with van der Waals surface area (Å²) in [6.45, 7) is 6.36. The minimum absolute atomic E-state index is 0.681. The Morgan fingerprint density at radius 2 is 1.94 bits per heavy atom. The first-order valence-corrected chi connectivity index (χ1v) is 5.83. The van der Waals surface area contributed by atoms with Crippen LogP contribution in [-0.2, 0) is 0 Å². The van der Waals surface area contributed by atoms with Gasteiger partial charge in [-0.15, -0.1) is 0 Å². The summed E-state index contributed by atoms with van der Waals surface area (Å²) in [5, 5.41) is 2.21. The van der Waals surface area contributed by atoms with Crippen LogP contribution in [0.4, 0.5) is 0 Å². The third-order valence-electron chi connectivity index (χ3n) is 2.12. The van der Waals surface area contributed by atoms with Crippen LogP contribution in [0.25, 0.3) is 0 Å². The first-order valence-electron chi connectivity index (χ1n) is 5.83. The fraction of sp³-hybridized carbons (Fsp3) is 0.500. The third-order valence-corrected chi connectivity index (χ3v) is 2.12. The van der Waals surface area contributed by atoms with Crippen molar-refractivity contribution < 1.29 is 20.5 Å². The molecule has 0 amide bonds. The van der Waals surface area contributed by atoms with Gasteiger partial charge in [0.15, 0.2) is 0 Å². The SMILES string of the molecule is CCOc1cccc(OCC[NH2+]CC[NH3+])c1. The van der Waals surface area contributed by atoms with Crippen LogP contribution >= 0.6 is 0 Å². The Morgan fingerprint density at radius 3 is 2.62 bits per heavy atom. The molecule has 0 aromatic heterocycles. The summed E-state index contributed by atoms with van der Waals surface area (Å²) in [6.07, 6.45) is 0. The lowest BCUT2D eigenvalue weighted by Crippen LogP contribution is -2.88. The van der Waals surface area contributed by atoms with Gasteiger partial charge in [0, 0.05) is 6.07 Å². The van der Waals surface area contributed by atoms with Crippen LogP contribution in [0.2, 0.25) is 0 Å². The maximum atomic E-state index is 5.61. The van der Waals surface area contributed by atoms with Gasteiger partial charge in [-0.05, 0) is 19.1 Å². The molecule has 1 aromatic carbocycles. The lowest BCUT2D eigenvalue weighted by Gasteiger charge is -2.07. The number of hydrogen-bond donors (Lipinski definition) is 2. The Morgan fingerprint density at radius 1 is 1.19 bits per heavy atom. The minimum Gasteiger partial charge on any atom is -0.494 e. The molecule has 0 aliphatic rings. The zero-order valence-electron chi connectivity index (χ0n) is 9.95. The van der Waals surface area contributed by atoms with Gasteiger partial charge in [0.1, 0.15) is 37.7 Å². The van der Waals surface area contributed by atoms with Gasteiger partial charge in [-0.1, -0.05) is 6.07 Å². The van der Waals surface area contributed by atoms with Gasteiger partial charge in [0.25, 0.3) is 0 Å². The predicted octanol–water partition coefficient (Wildman–Crippen LogP) is -0.731. The third kappa shape index (κ3) is 5.00. The average molecular weight is 226 g/mol. The van der Waals surface area contributed by atoms with E-state index < -0.39 is 0 Å². The number of quaternary nitrogens is 2. The molecule has 1 rings (SSSR count). The summed E-state index contributed by atoms with van der Waals surface area (Å²) in [5.41, 5.74) is 3.78. The van der Waals surface area contributed by atoms with Gasteiger partial charge in [0.2, 0.25) is 0 Å². The van der Waals surface area contributed by atoms with Gasteiger partial charge >= 0.3 is 0 Å². The average Bonchev–Trinajstić information content (AvgIpc) is 2.30. The van der Waals surface area contributed by atoms with E-state index in [2.05, 4.69) is 11.1 Å². The van der Waals surface area contributed by atoms with Crippen LogP contribution in [-0.4, -0.2) is 32.8 Å². The molecule has 5 N–H and O–H groups in total. The van der Waals surface area contributed by atoms with E-state index in [4.69, 9.17) is 9.47 Å². The Balaban J connectivity index is 2.27. The van der Waals surface area contributed by atoms with Crippen molar-refractivity contribution in [2.24, 2.45) is 0 Å². The van der Waals surface area contributed by atoms with E-state index in [1.165, 1.54) is 0 Å². The lowest BCUT2D eigenvalue weighted by atomic mass is 10.3. The van der Waals surface area contributed by atoms with Gasteiger partial charge in [-0.25, -0.2) is 0 Å². The highest BCUT2D eigenvalue weighted by Crippen LogP contribution is 2.18. The summed E-state index contributed by atoms with van der Waals surface area (Å²) in [4.78, 5) is 0. The van der Waals surface area contributed by atoms with E-state index in [0.717, 1.165) is 37.7 Å². The van der Waals surface area contributed by atoms with Crippen LogP contribution < -0.4 is 20.5 Å². The highest BCUT2D eigenvalue weighted by atomic mass is 16.5. The van der Waals surface area contributed by atoms with Gasteiger partial charge in [0.05, 0.1) is 6.61 Å². The van der Waals surface area contributed by atoms with Crippen molar-refractivity contribution in [3.05, 3.63) is 24.3 Å². The van der Waals surface area contributed by atoms with Crippen LogP contribution in [0.3, 0.4) is 0 Å². The van der Waals surface area contributed by atoms with Crippen molar-refractivity contribution in [1.29, 1.82) is 0 Å². The molecule has 1 aromatic rings. The van der Waals surface area contributed by atoms with E-state index in [9.17, 15) is 0 Å². The van der Waals surface area contributed by atoms with Crippen molar-refractivity contribution >= 4 is 0 Å². The molecule has 4 nitrogen and oxygen atoms in total. The second kappa shape index (κ2) is 7.96. The molecule has 4 heteroatoms. The summed E-state index contributed by atoms with van der Waals surface area (Å²) in [5.74, 6) is 1.73. The summed E-state index contributed by atoms with van der Waals surface area (Å²) >= 11 is 0. The molecular weight excluding hydrogens is 204 g/mol. The quantitative estimate of drug-likeness (QED) is 0.574. The number of rotatable bonds is 8. The van der Waals surface area contributed by atoms with E-state index in [0.29, 0.717) is 6.61 Å². The van der Waals surface area contributed by atoms with Crippen molar-refractivity contribution in [3.8, 4) is 11.5 Å². The molecule has 0 saturated heterocycles. The largest absolute Gasteiger partial charge is 0.494 e. The summed E-state index contributed by atoms with van der Waals surface area (Å²) in [6, 6.07) is 7.75. The van der Waals surface area contributed by atoms with Crippen LogP contribution in [0.15, 0.2) is 24.3 Å². The summed E-state index contributed by atoms with van der Waals surface area (Å²) < 4.78 is 11.0. The van der Waals surface area contributed by atoms with Crippen LogP contribution in [0.1, 0.15) is 6.92 Å². The maximum absolute atomic E-state index is 5.61. The zero-order valence-corrected chi connectivity index (χ0v) is 9.95. The van der Waals surface area contributed by atoms with E-state index in [1.54, 1.807) is 0 Å². The predicted molar refractivity (Wildman–Crippen MR) is 62.5 cm³/mol. The Hall–Kier alpha value is -1.26. The van der Waals surface area contributed by atoms with E-state index >= 15 is 0 Å². The standard InChI is InChI=1S/C12H20N2O2/c1-2-15-11-4-3-5-12(10-11)16-9-8-14-7-6-13/h3-5,10,14H,2,6-9,13H2,1H3/p+2. The summed E-state index contributed by atoms with van der Waals surface area (Å²) in [7, 11) is 0. The molecule has 0 bridgehead atoms. The zero-order chi connectivity index (χ0) is 11.6. The molecular formula is C12H22N2O2+2. The van der Waals surface area contributed by atoms with Crippen molar-refractivity contribution in [1.82, 2.24) is 0 Å². The number of hydrogen-bond acceptors (Lipinski definition) is 2. The van der Waals surface area contributed by atoms with Crippen molar-refractivity contribution in [3.63, 3.8) is 0 Å². The number of nitrogens with two attached hydrogens (primary N) is 1. The molecule has 0 radical (unpaired) electrons. The molecule has 90 valence electrons. The molecule has 16 heavy (non-hydrogen) atoms. The van der Waals surface area contributed by atoms with Crippen LogP contribution in [0.5, 0.6) is 11.5 Å². The fourth-order valence-corrected chi connectivity index (χ4v) is 1.37. The van der Waals surface area contributed by atoms with Gasteiger partial charge in [-0.2, -0.15) is 0 Å². The van der Waals surface area contributed by atoms with E-state index in [1.807, 2.05) is 31.2 Å². The fourth-order valence-electron chi connectivity index (χ4n) is 1.37. The Kier molecular flexibility index (Phi) is 6.37.